The summed E-state index contributed by atoms with van der Waals surface area (Å²) in [5.41, 5.74) is 7.51. The van der Waals surface area contributed by atoms with Crippen LogP contribution >= 0.6 is 0 Å². The van der Waals surface area contributed by atoms with Gasteiger partial charge in [-0.15, -0.1) is 0 Å². The topological polar surface area (TPSA) is 0 Å². The quantitative estimate of drug-likeness (QED) is 0.426. The molecule has 0 spiro atoms. The lowest BCUT2D eigenvalue weighted by Gasteiger charge is -2.54. The summed E-state index contributed by atoms with van der Waals surface area (Å²) < 4.78 is 0. The zero-order valence-electron chi connectivity index (χ0n) is 17.7. The molecular weight excluding hydrogens is 360 g/mol. The molecule has 0 radical (unpaired) electrons. The highest BCUT2D eigenvalue weighted by atomic mass is 14.5. The molecule has 4 fully saturated rings. The largest absolute Gasteiger partial charge is 0.0649 e. The highest BCUT2D eigenvalue weighted by molar-refractivity contribution is 5.90. The minimum Gasteiger partial charge on any atom is -0.0649 e. The second-order valence-electron chi connectivity index (χ2n) is 10.7. The van der Waals surface area contributed by atoms with Gasteiger partial charge in [-0.05, 0) is 114 Å². The molecule has 0 heteroatoms. The van der Waals surface area contributed by atoms with E-state index in [-0.39, 0.29) is 0 Å². The van der Waals surface area contributed by atoms with Crippen LogP contribution in [0.1, 0.15) is 49.7 Å². The SMILES string of the molecule is C1=C(CC2C3CC4CC(C3)CC2C4)Cc2cccc(-c3ccc4ccccc4c3)c21. The third-order valence-electron chi connectivity index (χ3n) is 8.94. The molecule has 3 aromatic carbocycles. The minimum absolute atomic E-state index is 0.975. The first-order chi connectivity index (χ1) is 14.8. The second-order valence-corrected chi connectivity index (χ2v) is 10.7. The first-order valence-corrected chi connectivity index (χ1v) is 12.1. The van der Waals surface area contributed by atoms with E-state index >= 15 is 0 Å². The van der Waals surface area contributed by atoms with Gasteiger partial charge in [0.2, 0.25) is 0 Å². The molecule has 0 nitrogen and oxygen atoms in total. The Bertz CT molecular complexity index is 1140. The number of allylic oxidation sites excluding steroid dienone is 1. The summed E-state index contributed by atoms with van der Waals surface area (Å²) in [6.45, 7) is 0. The molecule has 0 aliphatic heterocycles. The Morgan fingerprint density at radius 3 is 2.27 bits per heavy atom. The van der Waals surface area contributed by atoms with Crippen molar-refractivity contribution in [3.63, 3.8) is 0 Å². The summed E-state index contributed by atoms with van der Waals surface area (Å²) in [4.78, 5) is 0. The molecule has 5 aliphatic carbocycles. The summed E-state index contributed by atoms with van der Waals surface area (Å²) in [5.74, 6) is 5.20. The lowest BCUT2D eigenvalue weighted by atomic mass is 9.51. The fraction of sp³-hybridized carbons (Fsp3) is 0.400. The summed E-state index contributed by atoms with van der Waals surface area (Å²) in [6, 6.07) is 22.6. The van der Waals surface area contributed by atoms with Crippen LogP contribution in [-0.4, -0.2) is 0 Å². The maximum absolute atomic E-state index is 2.57. The van der Waals surface area contributed by atoms with Crippen molar-refractivity contribution in [1.29, 1.82) is 0 Å². The van der Waals surface area contributed by atoms with E-state index in [0.29, 0.717) is 0 Å². The van der Waals surface area contributed by atoms with E-state index in [1.54, 1.807) is 43.2 Å². The molecule has 150 valence electrons. The van der Waals surface area contributed by atoms with Gasteiger partial charge in [0.05, 0.1) is 0 Å². The van der Waals surface area contributed by atoms with Gasteiger partial charge in [-0.3, -0.25) is 0 Å². The number of benzene rings is 3. The van der Waals surface area contributed by atoms with Crippen molar-refractivity contribution in [1.82, 2.24) is 0 Å². The van der Waals surface area contributed by atoms with Crippen molar-refractivity contribution < 1.29 is 0 Å². The third-order valence-corrected chi connectivity index (χ3v) is 8.94. The van der Waals surface area contributed by atoms with E-state index in [0.717, 1.165) is 29.6 Å². The van der Waals surface area contributed by atoms with Crippen LogP contribution < -0.4 is 0 Å². The highest BCUT2D eigenvalue weighted by Gasteiger charge is 2.48. The zero-order valence-corrected chi connectivity index (χ0v) is 17.7. The fourth-order valence-corrected chi connectivity index (χ4v) is 7.85. The van der Waals surface area contributed by atoms with Gasteiger partial charge in [0.25, 0.3) is 0 Å². The molecule has 30 heavy (non-hydrogen) atoms. The molecule has 0 aromatic heterocycles. The predicted molar refractivity (Wildman–Crippen MR) is 126 cm³/mol. The van der Waals surface area contributed by atoms with E-state index in [9.17, 15) is 0 Å². The van der Waals surface area contributed by atoms with Gasteiger partial charge in [-0.2, -0.15) is 0 Å². The standard InChI is InChI=1S/C30H30/c1-2-5-23-18-25(9-8-22(23)4-1)28-7-3-6-24-11-21(17-30(24)28)16-29-26-12-19-10-20(14-26)15-27(29)13-19/h1-9,17-20,26-27,29H,10-16H2. The van der Waals surface area contributed by atoms with Crippen LogP contribution in [0.15, 0.2) is 66.2 Å². The van der Waals surface area contributed by atoms with Gasteiger partial charge in [-0.1, -0.05) is 66.2 Å². The maximum Gasteiger partial charge on any atom is -0.00575 e. The molecule has 0 amide bonds. The van der Waals surface area contributed by atoms with Crippen molar-refractivity contribution in [2.24, 2.45) is 29.6 Å². The minimum atomic E-state index is 0.975. The van der Waals surface area contributed by atoms with Crippen LogP contribution in [-0.2, 0) is 6.42 Å². The van der Waals surface area contributed by atoms with Crippen LogP contribution in [0.25, 0.3) is 28.0 Å². The molecule has 0 N–H and O–H groups in total. The van der Waals surface area contributed by atoms with Crippen LogP contribution in [0.3, 0.4) is 0 Å². The summed E-state index contributed by atoms with van der Waals surface area (Å²) in [7, 11) is 0. The van der Waals surface area contributed by atoms with Crippen LogP contribution in [0.2, 0.25) is 0 Å². The van der Waals surface area contributed by atoms with E-state index < -0.39 is 0 Å². The van der Waals surface area contributed by atoms with Crippen LogP contribution in [0.5, 0.6) is 0 Å². The Labute approximate surface area is 180 Å². The zero-order chi connectivity index (χ0) is 19.7. The summed E-state index contributed by atoms with van der Waals surface area (Å²) >= 11 is 0. The van der Waals surface area contributed by atoms with E-state index in [1.165, 1.54) is 40.3 Å². The highest BCUT2D eigenvalue weighted by Crippen LogP contribution is 2.58. The monoisotopic (exact) mass is 390 g/mol. The Hall–Kier alpha value is -2.34. The molecule has 0 atom stereocenters. The van der Waals surface area contributed by atoms with E-state index in [1.807, 2.05) is 0 Å². The number of rotatable bonds is 3. The average molecular weight is 391 g/mol. The van der Waals surface area contributed by atoms with Crippen molar-refractivity contribution >= 4 is 16.8 Å². The van der Waals surface area contributed by atoms with Gasteiger partial charge in [0.1, 0.15) is 0 Å². The molecule has 0 saturated heterocycles. The first-order valence-electron chi connectivity index (χ1n) is 12.1. The first kappa shape index (κ1) is 17.4. The Kier molecular flexibility index (Phi) is 3.80. The lowest BCUT2D eigenvalue weighted by Crippen LogP contribution is -2.45. The molecule has 8 rings (SSSR count). The number of fused-ring (bicyclic) bond motifs is 2. The average Bonchev–Trinajstić information content (AvgIpc) is 3.18. The molecule has 4 bridgehead atoms. The Morgan fingerprint density at radius 1 is 0.700 bits per heavy atom. The van der Waals surface area contributed by atoms with Crippen molar-refractivity contribution in [3.05, 3.63) is 77.4 Å². The maximum atomic E-state index is 2.57. The molecule has 5 aliphatic rings. The summed E-state index contributed by atoms with van der Waals surface area (Å²) in [5, 5.41) is 2.66. The lowest BCUT2D eigenvalue weighted by molar-refractivity contribution is -0.0360. The van der Waals surface area contributed by atoms with Crippen molar-refractivity contribution in [3.8, 4) is 11.1 Å². The van der Waals surface area contributed by atoms with Gasteiger partial charge in [-0.25, -0.2) is 0 Å². The predicted octanol–water partition coefficient (Wildman–Crippen LogP) is 7.91. The smallest absolute Gasteiger partial charge is 0.00575 e. The molecular formula is C30H30. The molecule has 4 saturated carbocycles. The molecule has 0 heterocycles. The Balaban J connectivity index is 1.21. The van der Waals surface area contributed by atoms with Gasteiger partial charge >= 0.3 is 0 Å². The number of hydrogen-bond donors (Lipinski definition) is 0. The van der Waals surface area contributed by atoms with Gasteiger partial charge in [0, 0.05) is 0 Å². The van der Waals surface area contributed by atoms with Gasteiger partial charge < -0.3 is 0 Å². The third kappa shape index (κ3) is 2.73. The normalized spacial score (nSPS) is 31.2. The van der Waals surface area contributed by atoms with Crippen LogP contribution in [0.4, 0.5) is 0 Å². The summed E-state index contributed by atoms with van der Waals surface area (Å²) in [6.07, 6.45) is 12.8. The van der Waals surface area contributed by atoms with Crippen molar-refractivity contribution in [2.75, 3.05) is 0 Å². The van der Waals surface area contributed by atoms with E-state index in [4.69, 9.17) is 0 Å². The molecule has 3 aromatic rings. The van der Waals surface area contributed by atoms with Gasteiger partial charge in [0.15, 0.2) is 0 Å². The second kappa shape index (κ2) is 6.58. The van der Waals surface area contributed by atoms with E-state index in [2.05, 4.69) is 66.7 Å². The van der Waals surface area contributed by atoms with Crippen molar-refractivity contribution in [2.45, 2.75) is 44.9 Å². The molecule has 0 unspecified atom stereocenters. The Morgan fingerprint density at radius 2 is 1.47 bits per heavy atom. The fourth-order valence-electron chi connectivity index (χ4n) is 7.85. The number of hydrogen-bond acceptors (Lipinski definition) is 0. The van der Waals surface area contributed by atoms with Crippen LogP contribution in [0, 0.1) is 29.6 Å².